The van der Waals surface area contributed by atoms with Crippen LogP contribution in [0.5, 0.6) is 11.5 Å². The van der Waals surface area contributed by atoms with E-state index in [1.54, 1.807) is 6.07 Å². The van der Waals surface area contributed by atoms with Crippen molar-refractivity contribution >= 4 is 49.2 Å². The molecule has 0 aliphatic carbocycles. The molecule has 2 aliphatic heterocycles. The lowest BCUT2D eigenvalue weighted by molar-refractivity contribution is 0.0695. The van der Waals surface area contributed by atoms with Gasteiger partial charge in [0, 0.05) is 38.8 Å². The molecule has 8 nitrogen and oxygen atoms in total. The lowest BCUT2D eigenvalue weighted by Gasteiger charge is -2.40. The molecule has 11 heteroatoms. The third kappa shape index (κ3) is 12.0. The molecule has 3 N–H and O–H groups in total. The van der Waals surface area contributed by atoms with Gasteiger partial charge in [-0.05, 0) is 91.9 Å². The Balaban J connectivity index is 0.000000331. The predicted octanol–water partition coefficient (Wildman–Crippen LogP) is 7.60. The van der Waals surface area contributed by atoms with Gasteiger partial charge in [0.05, 0.1) is 11.1 Å². The van der Waals surface area contributed by atoms with Gasteiger partial charge in [0.25, 0.3) is 0 Å². The molecule has 0 spiro atoms. The summed E-state index contributed by atoms with van der Waals surface area (Å²) < 4.78 is 5.88. The van der Waals surface area contributed by atoms with E-state index in [1.807, 2.05) is 60.7 Å². The van der Waals surface area contributed by atoms with Crippen LogP contribution in [0.15, 0.2) is 97.1 Å². The fourth-order valence-corrected chi connectivity index (χ4v) is 6.30. The summed E-state index contributed by atoms with van der Waals surface area (Å²) in [7, 11) is 0. The van der Waals surface area contributed by atoms with Crippen LogP contribution in [-0.4, -0.2) is 77.3 Å². The third-order valence-corrected chi connectivity index (χ3v) is 8.77. The first-order chi connectivity index (χ1) is 22.4. The Morgan fingerprint density at radius 2 is 1.29 bits per heavy atom. The lowest BCUT2D eigenvalue weighted by atomic mass is 9.93. The number of ether oxygens (including phenoxy) is 1. The molecule has 264 valence electrons. The number of rotatable bonds is 9. The van der Waals surface area contributed by atoms with Crippen LogP contribution in [0, 0.1) is 6.92 Å². The summed E-state index contributed by atoms with van der Waals surface area (Å²) in [5.41, 5.74) is 3.36. The van der Waals surface area contributed by atoms with Gasteiger partial charge in [0.15, 0.2) is 0 Å². The Morgan fingerprint density at radius 3 is 1.86 bits per heavy atom. The van der Waals surface area contributed by atoms with Crippen molar-refractivity contribution in [3.05, 3.63) is 130 Å². The van der Waals surface area contributed by atoms with E-state index in [1.165, 1.54) is 57.6 Å². The van der Waals surface area contributed by atoms with Gasteiger partial charge in [-0.15, -0.1) is 37.2 Å². The van der Waals surface area contributed by atoms with Crippen molar-refractivity contribution in [2.24, 2.45) is 0 Å². The molecule has 2 saturated heterocycles. The second kappa shape index (κ2) is 20.8. The molecule has 6 rings (SSSR count). The third-order valence-electron chi connectivity index (χ3n) is 8.77. The summed E-state index contributed by atoms with van der Waals surface area (Å²) in [5.74, 6) is -0.430. The maximum atomic E-state index is 11.4. The first kappa shape index (κ1) is 41.5. The van der Waals surface area contributed by atoms with E-state index in [-0.39, 0.29) is 48.3 Å². The average molecular weight is 731 g/mol. The smallest absolute Gasteiger partial charge is 0.336 e. The number of carboxylic acid groups (broad SMARTS) is 2. The summed E-state index contributed by atoms with van der Waals surface area (Å²) >= 11 is 0. The van der Waals surface area contributed by atoms with Crippen molar-refractivity contribution in [3.8, 4) is 11.5 Å². The second-order valence-electron chi connectivity index (χ2n) is 11.9. The zero-order chi connectivity index (χ0) is 32.3. The van der Waals surface area contributed by atoms with E-state index >= 15 is 0 Å². The molecule has 0 radical (unpaired) electrons. The average Bonchev–Trinajstić information content (AvgIpc) is 3.07. The predicted molar refractivity (Wildman–Crippen MR) is 202 cm³/mol. The van der Waals surface area contributed by atoms with Crippen LogP contribution < -0.4 is 10.1 Å². The quantitative estimate of drug-likeness (QED) is 0.162. The number of likely N-dealkylation sites (tertiary alicyclic amines) is 1. The molecule has 4 aromatic rings. The molecule has 2 fully saturated rings. The number of nitrogens with one attached hydrogen (secondary N) is 1. The molecule has 0 bridgehead atoms. The van der Waals surface area contributed by atoms with Crippen LogP contribution in [0.1, 0.15) is 55.8 Å². The molecule has 0 amide bonds. The Morgan fingerprint density at radius 1 is 0.714 bits per heavy atom. The molecule has 2 aliphatic rings. The first-order valence-corrected chi connectivity index (χ1v) is 16.0. The van der Waals surface area contributed by atoms with Crippen molar-refractivity contribution in [1.82, 2.24) is 15.1 Å². The first-order valence-electron chi connectivity index (χ1n) is 16.0. The molecular weight excluding hydrogens is 685 g/mol. The highest BCUT2D eigenvalue weighted by Crippen LogP contribution is 2.24. The van der Waals surface area contributed by atoms with Crippen molar-refractivity contribution in [1.29, 1.82) is 0 Å². The van der Waals surface area contributed by atoms with E-state index in [0.717, 1.165) is 42.7 Å². The van der Waals surface area contributed by atoms with Gasteiger partial charge in [0.1, 0.15) is 11.5 Å². The van der Waals surface area contributed by atoms with E-state index in [9.17, 15) is 14.7 Å². The number of carbonyl (C=O) groups is 2. The number of aromatic carboxylic acids is 2. The number of halogens is 3. The zero-order valence-electron chi connectivity index (χ0n) is 27.6. The monoisotopic (exact) mass is 729 g/mol. The van der Waals surface area contributed by atoms with Crippen molar-refractivity contribution < 1.29 is 24.5 Å². The number of nitrogens with zero attached hydrogens (tertiary/aromatic N) is 2. The summed E-state index contributed by atoms with van der Waals surface area (Å²) in [5, 5.41) is 21.9. The standard InChI is InChI=1S/C22H29N3O.C16H14O4.3ClH/c1-2-4-21(5-3-1)26-22-8-6-19(7-9-22)18-24-14-10-20(11-15-24)25-16-12-23-13-17-25;1-10-13(15(17)18)8-7-12(14(10)16(19)20)9-11-5-3-2-4-6-11;;;/h1-9,20,23H,10-18H2;2-8H,9H2,1H3,(H,17,18)(H,19,20);3*1H. The molecule has 0 unspecified atom stereocenters. The Bertz CT molecular complexity index is 1580. The van der Waals surface area contributed by atoms with E-state index in [0.29, 0.717) is 17.5 Å². The fourth-order valence-electron chi connectivity index (χ4n) is 6.30. The Hall–Kier alpha value is -3.63. The van der Waals surface area contributed by atoms with Crippen LogP contribution >= 0.6 is 37.2 Å². The maximum absolute atomic E-state index is 11.4. The van der Waals surface area contributed by atoms with E-state index < -0.39 is 11.9 Å². The SMILES string of the molecule is Cc1c(C(=O)O)ccc(Cc2ccccc2)c1C(=O)O.Cl.Cl.Cl.c1ccc(Oc2ccc(CN3CCC(N4CCNCC4)CC3)cc2)cc1. The number of piperazine rings is 1. The zero-order valence-corrected chi connectivity index (χ0v) is 30.1. The highest BCUT2D eigenvalue weighted by Gasteiger charge is 2.25. The van der Waals surface area contributed by atoms with E-state index in [4.69, 9.17) is 9.84 Å². The fraction of sp³-hybridized carbons (Fsp3) is 0.316. The van der Waals surface area contributed by atoms with Gasteiger partial charge < -0.3 is 20.3 Å². The number of carboxylic acids is 2. The number of para-hydroxylation sites is 1. The van der Waals surface area contributed by atoms with Crippen LogP contribution in [0.2, 0.25) is 0 Å². The van der Waals surface area contributed by atoms with Crippen molar-refractivity contribution in [3.63, 3.8) is 0 Å². The topological polar surface area (TPSA) is 102 Å². The van der Waals surface area contributed by atoms with Crippen LogP contribution in [0.4, 0.5) is 0 Å². The maximum Gasteiger partial charge on any atom is 0.336 e. The molecule has 0 aromatic heterocycles. The van der Waals surface area contributed by atoms with E-state index in [2.05, 4.69) is 39.4 Å². The number of piperidine rings is 1. The van der Waals surface area contributed by atoms with Crippen LogP contribution in [0.3, 0.4) is 0 Å². The minimum Gasteiger partial charge on any atom is -0.478 e. The molecule has 4 aromatic carbocycles. The minimum absolute atomic E-state index is 0. The van der Waals surface area contributed by atoms with Gasteiger partial charge in [-0.1, -0.05) is 66.7 Å². The van der Waals surface area contributed by atoms with Crippen molar-refractivity contribution in [2.45, 2.75) is 38.8 Å². The normalized spacial score (nSPS) is 14.9. The summed E-state index contributed by atoms with van der Waals surface area (Å²) in [6.07, 6.45) is 3.06. The highest BCUT2D eigenvalue weighted by atomic mass is 35.5. The van der Waals surface area contributed by atoms with Crippen LogP contribution in [0.25, 0.3) is 0 Å². The largest absolute Gasteiger partial charge is 0.478 e. The lowest BCUT2D eigenvalue weighted by Crippen LogP contribution is -2.51. The molecular formula is C38H46Cl3N3O5. The molecule has 49 heavy (non-hydrogen) atoms. The van der Waals surface area contributed by atoms with Gasteiger partial charge >= 0.3 is 11.9 Å². The van der Waals surface area contributed by atoms with Gasteiger partial charge in [-0.25, -0.2) is 9.59 Å². The Kier molecular flexibility index (Phi) is 17.6. The van der Waals surface area contributed by atoms with Crippen molar-refractivity contribution in [2.75, 3.05) is 39.3 Å². The summed E-state index contributed by atoms with van der Waals surface area (Å²) in [6, 6.07) is 31.8. The summed E-state index contributed by atoms with van der Waals surface area (Å²) in [6.45, 7) is 9.71. The highest BCUT2D eigenvalue weighted by molar-refractivity contribution is 5.97. The van der Waals surface area contributed by atoms with Gasteiger partial charge in [-0.2, -0.15) is 0 Å². The molecule has 0 saturated carbocycles. The van der Waals surface area contributed by atoms with Gasteiger partial charge in [-0.3, -0.25) is 9.80 Å². The number of benzene rings is 4. The minimum atomic E-state index is -1.11. The van der Waals surface area contributed by atoms with Gasteiger partial charge in [0.2, 0.25) is 0 Å². The second-order valence-corrected chi connectivity index (χ2v) is 11.9. The summed E-state index contributed by atoms with van der Waals surface area (Å²) in [4.78, 5) is 27.8. The Labute approximate surface area is 307 Å². The van der Waals surface area contributed by atoms with Crippen LogP contribution in [-0.2, 0) is 13.0 Å². The number of hydrogen-bond acceptors (Lipinski definition) is 6. The molecule has 2 heterocycles. The molecule has 0 atom stereocenters. The number of hydrogen-bond donors (Lipinski definition) is 3.